The Bertz CT molecular complexity index is 813. The predicted octanol–water partition coefficient (Wildman–Crippen LogP) is 2.96. The second-order valence-electron chi connectivity index (χ2n) is 7.21. The van der Waals surface area contributed by atoms with Gasteiger partial charge in [0.05, 0.1) is 12.6 Å². The minimum absolute atomic E-state index is 0.109. The van der Waals surface area contributed by atoms with Crippen LogP contribution in [0.5, 0.6) is 0 Å². The Morgan fingerprint density at radius 1 is 1.33 bits per heavy atom. The third-order valence-corrected chi connectivity index (χ3v) is 4.60. The van der Waals surface area contributed by atoms with Crippen molar-refractivity contribution in [2.45, 2.75) is 33.2 Å². The quantitative estimate of drug-likeness (QED) is 0.796. The van der Waals surface area contributed by atoms with Crippen LogP contribution in [0.1, 0.15) is 36.2 Å². The van der Waals surface area contributed by atoms with Gasteiger partial charge in [0.25, 0.3) is 5.91 Å². The highest BCUT2D eigenvalue weighted by atomic mass is 16.5. The van der Waals surface area contributed by atoms with Crippen molar-refractivity contribution in [2.24, 2.45) is 5.41 Å². The number of fused-ring (bicyclic) bond motifs is 1. The van der Waals surface area contributed by atoms with Crippen LogP contribution in [-0.4, -0.2) is 41.5 Å². The number of carbonyl (C=O) groups excluding carboxylic acids is 2. The topological polar surface area (TPSA) is 59.5 Å². The van der Waals surface area contributed by atoms with Crippen molar-refractivity contribution < 1.29 is 14.3 Å². The Labute approximate surface area is 141 Å². The van der Waals surface area contributed by atoms with Gasteiger partial charge in [-0.2, -0.15) is 0 Å². The molecule has 1 unspecified atom stereocenters. The van der Waals surface area contributed by atoms with E-state index in [0.717, 1.165) is 16.5 Å². The van der Waals surface area contributed by atoms with E-state index in [1.54, 1.807) is 11.1 Å². The zero-order valence-electron chi connectivity index (χ0n) is 14.5. The minimum atomic E-state index is -0.526. The first-order chi connectivity index (χ1) is 11.3. The van der Waals surface area contributed by atoms with Crippen LogP contribution in [0.3, 0.4) is 0 Å². The summed E-state index contributed by atoms with van der Waals surface area (Å²) < 4.78 is 4.89. The molecule has 1 amide bonds. The second kappa shape index (κ2) is 5.89. The molecule has 126 valence electrons. The van der Waals surface area contributed by atoms with Crippen molar-refractivity contribution in [3.8, 4) is 0 Å². The van der Waals surface area contributed by atoms with Gasteiger partial charge in [-0.15, -0.1) is 0 Å². The molecule has 1 aromatic heterocycles. The highest BCUT2D eigenvalue weighted by Crippen LogP contribution is 2.35. The van der Waals surface area contributed by atoms with E-state index in [9.17, 15) is 9.59 Å². The summed E-state index contributed by atoms with van der Waals surface area (Å²) in [6.07, 6.45) is 2.35. The molecule has 0 saturated carbocycles. The highest BCUT2D eigenvalue weighted by molar-refractivity contribution is 6.00. The van der Waals surface area contributed by atoms with Crippen LogP contribution >= 0.6 is 0 Å². The summed E-state index contributed by atoms with van der Waals surface area (Å²) >= 11 is 0. The van der Waals surface area contributed by atoms with E-state index >= 15 is 0 Å². The van der Waals surface area contributed by atoms with Crippen LogP contribution < -0.4 is 0 Å². The van der Waals surface area contributed by atoms with Crippen LogP contribution in [0.2, 0.25) is 0 Å². The second-order valence-corrected chi connectivity index (χ2v) is 7.21. The standard InChI is InChI=1S/C19H22N2O3/c1-12-8-14(9-13-6-5-7-20-16(12)13)17(22)21-11-19(2,3)10-15(21)18(23)24-4/h5-9,15H,10-11H2,1-4H3. The predicted molar refractivity (Wildman–Crippen MR) is 91.7 cm³/mol. The number of pyridine rings is 1. The largest absolute Gasteiger partial charge is 0.467 e. The molecule has 1 saturated heterocycles. The Morgan fingerprint density at radius 3 is 2.79 bits per heavy atom. The highest BCUT2D eigenvalue weighted by Gasteiger charge is 2.44. The molecule has 1 aliphatic rings. The number of likely N-dealkylation sites (tertiary alicyclic amines) is 1. The lowest BCUT2D eigenvalue weighted by Gasteiger charge is -2.23. The number of benzene rings is 1. The van der Waals surface area contributed by atoms with Crippen molar-refractivity contribution in [3.05, 3.63) is 41.6 Å². The molecule has 5 heteroatoms. The molecule has 3 rings (SSSR count). The molecule has 24 heavy (non-hydrogen) atoms. The molecule has 1 aromatic carbocycles. The summed E-state index contributed by atoms with van der Waals surface area (Å²) in [6, 6.07) is 6.96. The summed E-state index contributed by atoms with van der Waals surface area (Å²) in [4.78, 5) is 31.2. The van der Waals surface area contributed by atoms with E-state index in [1.807, 2.05) is 31.2 Å². The average molecular weight is 326 g/mol. The lowest BCUT2D eigenvalue weighted by atomic mass is 9.91. The number of hydrogen-bond donors (Lipinski definition) is 0. The van der Waals surface area contributed by atoms with Gasteiger partial charge in [0.15, 0.2) is 0 Å². The molecule has 5 nitrogen and oxygen atoms in total. The Balaban J connectivity index is 2.00. The van der Waals surface area contributed by atoms with Gasteiger partial charge < -0.3 is 9.64 Å². The molecule has 0 spiro atoms. The summed E-state index contributed by atoms with van der Waals surface area (Å²) in [5.74, 6) is -0.488. The van der Waals surface area contributed by atoms with Crippen molar-refractivity contribution >= 4 is 22.8 Å². The first kappa shape index (κ1) is 16.4. The third-order valence-electron chi connectivity index (χ3n) is 4.60. The van der Waals surface area contributed by atoms with Crippen LogP contribution in [0.15, 0.2) is 30.5 Å². The normalized spacial score (nSPS) is 19.5. The lowest BCUT2D eigenvalue weighted by molar-refractivity contribution is -0.145. The summed E-state index contributed by atoms with van der Waals surface area (Å²) in [5, 5.41) is 0.925. The van der Waals surface area contributed by atoms with Gasteiger partial charge in [-0.05, 0) is 42.5 Å². The molecule has 0 N–H and O–H groups in total. The summed E-state index contributed by atoms with van der Waals surface area (Å²) in [5.41, 5.74) is 2.31. The first-order valence-electron chi connectivity index (χ1n) is 8.06. The molecular weight excluding hydrogens is 304 g/mol. The fraction of sp³-hybridized carbons (Fsp3) is 0.421. The van der Waals surface area contributed by atoms with Gasteiger partial charge in [-0.3, -0.25) is 9.78 Å². The van der Waals surface area contributed by atoms with Crippen molar-refractivity contribution in [1.29, 1.82) is 0 Å². The van der Waals surface area contributed by atoms with Gasteiger partial charge in [-0.25, -0.2) is 4.79 Å². The maximum Gasteiger partial charge on any atom is 0.328 e. The maximum atomic E-state index is 13.1. The maximum absolute atomic E-state index is 13.1. The fourth-order valence-corrected chi connectivity index (χ4v) is 3.49. The summed E-state index contributed by atoms with van der Waals surface area (Å²) in [7, 11) is 1.36. The first-order valence-corrected chi connectivity index (χ1v) is 8.06. The number of rotatable bonds is 2. The zero-order valence-corrected chi connectivity index (χ0v) is 14.5. The SMILES string of the molecule is COC(=O)C1CC(C)(C)CN1C(=O)c1cc(C)c2ncccc2c1. The minimum Gasteiger partial charge on any atom is -0.467 e. The molecular formula is C19H22N2O3. The third kappa shape index (κ3) is 2.86. The monoisotopic (exact) mass is 326 g/mol. The molecule has 2 heterocycles. The molecule has 1 aliphatic heterocycles. The van der Waals surface area contributed by atoms with Crippen LogP contribution in [0.25, 0.3) is 10.9 Å². The van der Waals surface area contributed by atoms with Crippen molar-refractivity contribution in [1.82, 2.24) is 9.88 Å². The average Bonchev–Trinajstić information content (AvgIpc) is 2.89. The van der Waals surface area contributed by atoms with E-state index in [0.29, 0.717) is 18.5 Å². The number of methoxy groups -OCH3 is 1. The number of hydrogen-bond acceptors (Lipinski definition) is 4. The van der Waals surface area contributed by atoms with Gasteiger partial charge in [0.1, 0.15) is 6.04 Å². The van der Waals surface area contributed by atoms with E-state index in [-0.39, 0.29) is 17.3 Å². The zero-order chi connectivity index (χ0) is 17.5. The lowest BCUT2D eigenvalue weighted by Crippen LogP contribution is -2.41. The number of ether oxygens (including phenoxy) is 1. The van der Waals surface area contributed by atoms with Crippen LogP contribution in [0, 0.1) is 12.3 Å². The number of amides is 1. The van der Waals surface area contributed by atoms with Gasteiger partial charge in [0.2, 0.25) is 0 Å². The van der Waals surface area contributed by atoms with E-state index in [1.165, 1.54) is 7.11 Å². The van der Waals surface area contributed by atoms with Crippen LogP contribution in [0.4, 0.5) is 0 Å². The Morgan fingerprint density at radius 2 is 2.08 bits per heavy atom. The number of carbonyl (C=O) groups is 2. The van der Waals surface area contributed by atoms with Gasteiger partial charge >= 0.3 is 5.97 Å². The molecule has 1 atom stereocenters. The van der Waals surface area contributed by atoms with Crippen LogP contribution in [-0.2, 0) is 9.53 Å². The fourth-order valence-electron chi connectivity index (χ4n) is 3.49. The Kier molecular flexibility index (Phi) is 4.03. The molecule has 0 bridgehead atoms. The number of aromatic nitrogens is 1. The van der Waals surface area contributed by atoms with E-state index in [2.05, 4.69) is 18.8 Å². The molecule has 2 aromatic rings. The van der Waals surface area contributed by atoms with Crippen molar-refractivity contribution in [3.63, 3.8) is 0 Å². The summed E-state index contributed by atoms with van der Waals surface area (Å²) in [6.45, 7) is 6.60. The Hall–Kier alpha value is -2.43. The van der Waals surface area contributed by atoms with E-state index in [4.69, 9.17) is 4.74 Å². The number of nitrogens with zero attached hydrogens (tertiary/aromatic N) is 2. The number of aryl methyl sites for hydroxylation is 1. The van der Waals surface area contributed by atoms with Gasteiger partial charge in [-0.1, -0.05) is 19.9 Å². The van der Waals surface area contributed by atoms with Gasteiger partial charge in [0, 0.05) is 23.7 Å². The molecule has 1 fully saturated rings. The number of esters is 1. The molecule has 0 radical (unpaired) electrons. The smallest absolute Gasteiger partial charge is 0.328 e. The molecule has 0 aliphatic carbocycles. The van der Waals surface area contributed by atoms with Crippen molar-refractivity contribution in [2.75, 3.05) is 13.7 Å². The van der Waals surface area contributed by atoms with E-state index < -0.39 is 6.04 Å².